The summed E-state index contributed by atoms with van der Waals surface area (Å²) in [5, 5.41) is 0.679. The zero-order valence-electron chi connectivity index (χ0n) is 20.0. The van der Waals surface area contributed by atoms with E-state index in [4.69, 9.17) is 34.1 Å². The standard InChI is InChI=1S/C25H32N2O3P2S2/c1-5-21-22(31(21,33)18-12-8-6-9-13-18)25(24(29)30-4)27(23(28)20(26)16-17(2)3)32(25,34)19-14-10-7-11-15-19/h6-15,17,20-22H,5,16,26H2,1-4H3/t20-,21?,22?,25+,27?,31?,32?/m0/s1. The molecule has 2 aromatic rings. The Morgan fingerprint density at radius 3 is 2.06 bits per heavy atom. The highest BCUT2D eigenvalue weighted by Gasteiger charge is 2.88. The molecule has 6 atom stereocenters. The molecule has 4 rings (SSSR count). The van der Waals surface area contributed by atoms with Gasteiger partial charge in [-0.05, 0) is 30.1 Å². The summed E-state index contributed by atoms with van der Waals surface area (Å²) in [6.07, 6.45) is -1.53. The number of nitrogens with two attached hydrogens (primary N) is 1. The maximum atomic E-state index is 13.9. The number of esters is 1. The van der Waals surface area contributed by atoms with Crippen LogP contribution >= 0.6 is 12.2 Å². The molecule has 0 saturated carbocycles. The molecule has 2 N–H and O–H groups in total. The molecule has 182 valence electrons. The molecule has 1 amide bonds. The Morgan fingerprint density at radius 2 is 1.59 bits per heavy atom. The van der Waals surface area contributed by atoms with Crippen molar-refractivity contribution in [2.45, 2.75) is 56.3 Å². The Kier molecular flexibility index (Phi) is 7.01. The molecule has 2 fully saturated rings. The number of methoxy groups -OCH3 is 1. The van der Waals surface area contributed by atoms with Crippen LogP contribution in [0.25, 0.3) is 0 Å². The summed E-state index contributed by atoms with van der Waals surface area (Å²) in [5.41, 5.74) is 6.31. The lowest BCUT2D eigenvalue weighted by molar-refractivity contribution is -0.147. The van der Waals surface area contributed by atoms with Crippen LogP contribution in [0.15, 0.2) is 60.7 Å². The second-order valence-corrected chi connectivity index (χ2v) is 18.8. The molecule has 2 heterocycles. The maximum Gasteiger partial charge on any atom is 0.340 e. The molecule has 0 spiro atoms. The summed E-state index contributed by atoms with van der Waals surface area (Å²) in [5.74, 6) is -0.473. The van der Waals surface area contributed by atoms with E-state index in [1.807, 2.05) is 62.4 Å². The second kappa shape index (κ2) is 9.26. The normalized spacial score (nSPS) is 32.8. The molecular formula is C25H32N2O3P2S2. The van der Waals surface area contributed by atoms with Gasteiger partial charge in [-0.1, -0.05) is 105 Å². The summed E-state index contributed by atoms with van der Waals surface area (Å²) in [6, 6.07) is 16.7. The van der Waals surface area contributed by atoms with Gasteiger partial charge in [0.05, 0.1) is 13.2 Å². The molecular weight excluding hydrogens is 502 g/mol. The van der Waals surface area contributed by atoms with Crippen LogP contribution in [0.4, 0.5) is 0 Å². The highest BCUT2D eigenvalue weighted by atomic mass is 32.4. The van der Waals surface area contributed by atoms with Crippen molar-refractivity contribution in [1.29, 1.82) is 0 Å². The number of amides is 1. The van der Waals surface area contributed by atoms with Gasteiger partial charge in [0, 0.05) is 16.6 Å². The van der Waals surface area contributed by atoms with E-state index in [1.165, 1.54) is 7.11 Å². The number of carbonyl (C=O) groups excluding carboxylic acids is 2. The third kappa shape index (κ3) is 3.50. The third-order valence-electron chi connectivity index (χ3n) is 7.04. The number of benzene rings is 2. The average Bonchev–Trinajstić information content (AvgIpc) is 3.66. The van der Waals surface area contributed by atoms with Crippen molar-refractivity contribution in [2.24, 2.45) is 11.7 Å². The number of carbonyl (C=O) groups is 2. The largest absolute Gasteiger partial charge is 0.467 e. The van der Waals surface area contributed by atoms with Crippen molar-refractivity contribution in [3.8, 4) is 0 Å². The van der Waals surface area contributed by atoms with Gasteiger partial charge in [0.15, 0.2) is 0 Å². The van der Waals surface area contributed by atoms with Crippen LogP contribution in [0.2, 0.25) is 0 Å². The Hall–Kier alpha value is -1.36. The molecule has 2 aliphatic heterocycles. The van der Waals surface area contributed by atoms with Crippen molar-refractivity contribution in [3.05, 3.63) is 60.7 Å². The van der Waals surface area contributed by atoms with Crippen molar-refractivity contribution >= 4 is 58.3 Å². The van der Waals surface area contributed by atoms with E-state index in [-0.39, 0.29) is 23.1 Å². The van der Waals surface area contributed by atoms with E-state index in [0.717, 1.165) is 17.0 Å². The fourth-order valence-electron chi connectivity index (χ4n) is 5.54. The van der Waals surface area contributed by atoms with Crippen molar-refractivity contribution in [2.75, 3.05) is 7.11 Å². The summed E-state index contributed by atoms with van der Waals surface area (Å²) in [4.78, 5) is 27.7. The minimum absolute atomic E-state index is 0.120. The van der Waals surface area contributed by atoms with Gasteiger partial charge in [-0.2, -0.15) is 0 Å². The molecule has 0 aromatic heterocycles. The Morgan fingerprint density at radius 1 is 1.06 bits per heavy atom. The van der Waals surface area contributed by atoms with E-state index in [2.05, 4.69) is 19.1 Å². The van der Waals surface area contributed by atoms with E-state index in [9.17, 15) is 9.59 Å². The second-order valence-electron chi connectivity index (χ2n) is 9.48. The van der Waals surface area contributed by atoms with Gasteiger partial charge in [-0.15, -0.1) is 0 Å². The first-order valence-corrected chi connectivity index (χ1v) is 17.3. The lowest BCUT2D eigenvalue weighted by Crippen LogP contribution is -2.44. The Bertz CT molecular complexity index is 1190. The number of ether oxygens (including phenoxy) is 1. The zero-order valence-corrected chi connectivity index (χ0v) is 23.4. The van der Waals surface area contributed by atoms with Crippen molar-refractivity contribution in [3.63, 3.8) is 0 Å². The Labute approximate surface area is 212 Å². The molecule has 2 saturated heterocycles. The minimum Gasteiger partial charge on any atom is -0.467 e. The van der Waals surface area contributed by atoms with Gasteiger partial charge in [-0.25, -0.2) is 4.79 Å². The lowest BCUT2D eigenvalue weighted by atomic mass is 10.0. The predicted octanol–water partition coefficient (Wildman–Crippen LogP) is 3.76. The van der Waals surface area contributed by atoms with Crippen LogP contribution < -0.4 is 16.3 Å². The summed E-state index contributed by atoms with van der Waals surface area (Å²) < 4.78 is 7.08. The molecule has 9 heteroatoms. The quantitative estimate of drug-likeness (QED) is 0.316. The minimum atomic E-state index is -2.87. The van der Waals surface area contributed by atoms with E-state index in [1.54, 1.807) is 4.67 Å². The molecule has 4 unspecified atom stereocenters. The summed E-state index contributed by atoms with van der Waals surface area (Å²) >= 11 is 12.8. The van der Waals surface area contributed by atoms with Crippen LogP contribution in [0.3, 0.4) is 0 Å². The van der Waals surface area contributed by atoms with Gasteiger partial charge >= 0.3 is 5.97 Å². The zero-order chi connectivity index (χ0) is 24.9. The number of hydrogen-bond acceptors (Lipinski definition) is 6. The first kappa shape index (κ1) is 25.7. The number of hydrogen-bond donors (Lipinski definition) is 1. The fraction of sp³-hybridized carbons (Fsp3) is 0.440. The average molecular weight is 535 g/mol. The van der Waals surface area contributed by atoms with Gasteiger partial charge < -0.3 is 10.5 Å². The van der Waals surface area contributed by atoms with Crippen LogP contribution in [-0.2, 0) is 37.9 Å². The van der Waals surface area contributed by atoms with E-state index in [0.29, 0.717) is 6.42 Å². The first-order valence-electron chi connectivity index (χ1n) is 11.6. The molecule has 5 nitrogen and oxygen atoms in total. The predicted molar refractivity (Wildman–Crippen MR) is 148 cm³/mol. The maximum absolute atomic E-state index is 13.9. The highest BCUT2D eigenvalue weighted by molar-refractivity contribution is 8.25. The fourth-order valence-corrected chi connectivity index (χ4v) is 19.2. The van der Waals surface area contributed by atoms with Crippen LogP contribution in [0.5, 0.6) is 0 Å². The van der Waals surface area contributed by atoms with Crippen LogP contribution in [0.1, 0.15) is 33.6 Å². The number of nitrogens with zero attached hydrogens (tertiary/aromatic N) is 1. The lowest BCUT2D eigenvalue weighted by Gasteiger charge is -2.18. The van der Waals surface area contributed by atoms with Gasteiger partial charge in [0.1, 0.15) is 6.19 Å². The monoisotopic (exact) mass is 534 g/mol. The topological polar surface area (TPSA) is 72.4 Å². The molecule has 34 heavy (non-hydrogen) atoms. The van der Waals surface area contributed by atoms with Crippen LogP contribution in [0, 0.1) is 5.92 Å². The third-order valence-corrected chi connectivity index (χ3v) is 18.8. The summed E-state index contributed by atoms with van der Waals surface area (Å²) in [6.45, 7) is 6.16. The molecule has 2 aromatic carbocycles. The highest BCUT2D eigenvalue weighted by Crippen LogP contribution is 2.93. The van der Waals surface area contributed by atoms with Crippen LogP contribution in [-0.4, -0.2) is 46.3 Å². The van der Waals surface area contributed by atoms with E-state index < -0.39 is 29.5 Å². The van der Waals surface area contributed by atoms with Gasteiger partial charge in [-0.3, -0.25) is 9.46 Å². The smallest absolute Gasteiger partial charge is 0.340 e. The molecule has 0 bridgehead atoms. The van der Waals surface area contributed by atoms with Gasteiger partial charge in [0.2, 0.25) is 11.2 Å². The number of rotatable bonds is 8. The van der Waals surface area contributed by atoms with Crippen molar-refractivity contribution in [1.82, 2.24) is 4.67 Å². The molecule has 2 aliphatic rings. The Balaban J connectivity index is 1.92. The van der Waals surface area contributed by atoms with Crippen molar-refractivity contribution < 1.29 is 14.3 Å². The molecule has 0 aliphatic carbocycles. The van der Waals surface area contributed by atoms with Gasteiger partial charge in [0.25, 0.3) is 0 Å². The first-order chi connectivity index (χ1) is 16.1. The SMILES string of the molecule is CCC1C([C@@]2(C(=O)OC)N(C(=O)[C@@H](N)CC(C)C)P2(=S)c2ccccc2)P1(=S)c1ccccc1. The molecule has 0 radical (unpaired) electrons. The summed E-state index contributed by atoms with van der Waals surface area (Å²) in [7, 11) is 1.37. The van der Waals surface area contributed by atoms with E-state index >= 15 is 0 Å².